The molecule has 1 heterocycles. The third kappa shape index (κ3) is 1.84. The Morgan fingerprint density at radius 3 is 3.10 bits per heavy atom. The van der Waals surface area contributed by atoms with Crippen molar-refractivity contribution in [2.75, 3.05) is 0 Å². The van der Waals surface area contributed by atoms with Crippen molar-refractivity contribution in [3.63, 3.8) is 0 Å². The van der Waals surface area contributed by atoms with Crippen LogP contribution in [0.15, 0.2) is 12.4 Å². The van der Waals surface area contributed by atoms with E-state index in [2.05, 4.69) is 9.97 Å². The zero-order valence-electron chi connectivity index (χ0n) is 6.04. The highest BCUT2D eigenvalue weighted by molar-refractivity contribution is 4.88. The van der Waals surface area contributed by atoms with Gasteiger partial charge in [-0.05, 0) is 6.42 Å². The van der Waals surface area contributed by atoms with Crippen molar-refractivity contribution in [1.82, 2.24) is 9.97 Å². The molecule has 0 aliphatic carbocycles. The van der Waals surface area contributed by atoms with Gasteiger partial charge in [0.25, 0.3) is 0 Å². The van der Waals surface area contributed by atoms with Crippen LogP contribution in [0.5, 0.6) is 0 Å². The Kier molecular flexibility index (Phi) is 2.45. The molecule has 0 bridgehead atoms. The minimum Gasteiger partial charge on any atom is -0.393 e. The summed E-state index contributed by atoms with van der Waals surface area (Å²) in [6.45, 7) is 1.95. The number of aromatic amines is 1. The lowest BCUT2D eigenvalue weighted by Crippen LogP contribution is -2.09. The average Bonchev–Trinajstić information content (AvgIpc) is 2.40. The van der Waals surface area contributed by atoms with Crippen molar-refractivity contribution in [2.24, 2.45) is 0 Å². The van der Waals surface area contributed by atoms with E-state index in [9.17, 15) is 0 Å². The summed E-state index contributed by atoms with van der Waals surface area (Å²) in [5.41, 5.74) is 0. The van der Waals surface area contributed by atoms with Gasteiger partial charge in [-0.2, -0.15) is 0 Å². The van der Waals surface area contributed by atoms with Gasteiger partial charge in [-0.15, -0.1) is 0 Å². The molecule has 0 fully saturated rings. The van der Waals surface area contributed by atoms with Crippen molar-refractivity contribution in [1.29, 1.82) is 0 Å². The summed E-state index contributed by atoms with van der Waals surface area (Å²) in [6.07, 6.45) is 4.60. The zero-order chi connectivity index (χ0) is 7.40. The fourth-order valence-corrected chi connectivity index (χ4v) is 0.777. The Morgan fingerprint density at radius 1 is 1.80 bits per heavy atom. The molecule has 1 aromatic heterocycles. The van der Waals surface area contributed by atoms with Crippen LogP contribution < -0.4 is 0 Å². The van der Waals surface area contributed by atoms with Crippen molar-refractivity contribution >= 4 is 0 Å². The van der Waals surface area contributed by atoms with Gasteiger partial charge in [-0.25, -0.2) is 4.98 Å². The number of aliphatic hydroxyl groups excluding tert-OH is 1. The minimum atomic E-state index is -0.258. The summed E-state index contributed by atoms with van der Waals surface area (Å²) in [5, 5.41) is 9.17. The van der Waals surface area contributed by atoms with Gasteiger partial charge in [0.05, 0.1) is 6.10 Å². The molecule has 3 heteroatoms. The van der Waals surface area contributed by atoms with Gasteiger partial charge in [0.1, 0.15) is 5.82 Å². The second kappa shape index (κ2) is 3.37. The van der Waals surface area contributed by atoms with E-state index < -0.39 is 0 Å². The first-order chi connectivity index (χ1) is 4.83. The minimum absolute atomic E-state index is 0.258. The van der Waals surface area contributed by atoms with Gasteiger partial charge >= 0.3 is 0 Å². The lowest BCUT2D eigenvalue weighted by Gasteiger charge is -2.02. The number of hydrogen-bond donors (Lipinski definition) is 2. The second-order valence-electron chi connectivity index (χ2n) is 2.30. The number of imidazole rings is 1. The summed E-state index contributed by atoms with van der Waals surface area (Å²) in [4.78, 5) is 6.92. The molecular weight excluding hydrogens is 128 g/mol. The molecule has 1 aromatic rings. The van der Waals surface area contributed by atoms with Gasteiger partial charge in [-0.3, -0.25) is 0 Å². The van der Waals surface area contributed by atoms with Crippen LogP contribution in [0.4, 0.5) is 0 Å². The monoisotopic (exact) mass is 140 g/mol. The lowest BCUT2D eigenvalue weighted by atomic mass is 10.2. The highest BCUT2D eigenvalue weighted by Gasteiger charge is 2.02. The number of nitrogens with one attached hydrogen (secondary N) is 1. The number of rotatable bonds is 3. The zero-order valence-corrected chi connectivity index (χ0v) is 6.04. The standard InChI is InChI=1S/C7H12N2O/c1-2-6(10)5-7-8-3-4-9-7/h3-4,6,10H,2,5H2,1H3,(H,8,9)/t6-/m0/s1. The van der Waals surface area contributed by atoms with Crippen LogP contribution in [0.25, 0.3) is 0 Å². The Bertz CT molecular complexity index is 172. The molecule has 3 nitrogen and oxygen atoms in total. The highest BCUT2D eigenvalue weighted by atomic mass is 16.3. The molecule has 0 aliphatic rings. The van der Waals surface area contributed by atoms with Crippen LogP contribution in [-0.2, 0) is 6.42 Å². The number of hydrogen-bond acceptors (Lipinski definition) is 2. The fourth-order valence-electron chi connectivity index (χ4n) is 0.777. The van der Waals surface area contributed by atoms with Crippen molar-refractivity contribution in [2.45, 2.75) is 25.9 Å². The first kappa shape index (κ1) is 7.28. The van der Waals surface area contributed by atoms with Crippen LogP contribution in [0.1, 0.15) is 19.2 Å². The molecular formula is C7H12N2O. The highest BCUT2D eigenvalue weighted by Crippen LogP contribution is 1.98. The largest absolute Gasteiger partial charge is 0.393 e. The lowest BCUT2D eigenvalue weighted by molar-refractivity contribution is 0.168. The van der Waals surface area contributed by atoms with Gasteiger partial charge < -0.3 is 10.1 Å². The first-order valence-electron chi connectivity index (χ1n) is 3.49. The average molecular weight is 140 g/mol. The number of aromatic nitrogens is 2. The van der Waals surface area contributed by atoms with E-state index in [0.717, 1.165) is 12.2 Å². The Morgan fingerprint density at radius 2 is 2.60 bits per heavy atom. The summed E-state index contributed by atoms with van der Waals surface area (Å²) >= 11 is 0. The molecule has 0 saturated heterocycles. The van der Waals surface area contributed by atoms with Crippen LogP contribution in [-0.4, -0.2) is 21.2 Å². The topological polar surface area (TPSA) is 48.9 Å². The van der Waals surface area contributed by atoms with Crippen LogP contribution >= 0.6 is 0 Å². The molecule has 56 valence electrons. The maximum absolute atomic E-state index is 9.17. The molecule has 1 atom stereocenters. The molecule has 0 unspecified atom stereocenters. The maximum atomic E-state index is 9.17. The van der Waals surface area contributed by atoms with Crippen LogP contribution in [0.2, 0.25) is 0 Å². The summed E-state index contributed by atoms with van der Waals surface area (Å²) in [7, 11) is 0. The summed E-state index contributed by atoms with van der Waals surface area (Å²) in [5.74, 6) is 0.856. The van der Waals surface area contributed by atoms with E-state index in [0.29, 0.717) is 6.42 Å². The first-order valence-corrected chi connectivity index (χ1v) is 3.49. The smallest absolute Gasteiger partial charge is 0.108 e. The quantitative estimate of drug-likeness (QED) is 0.650. The molecule has 0 spiro atoms. The normalized spacial score (nSPS) is 13.4. The van der Waals surface area contributed by atoms with Gasteiger partial charge in [0.2, 0.25) is 0 Å². The van der Waals surface area contributed by atoms with Gasteiger partial charge in [-0.1, -0.05) is 6.92 Å². The van der Waals surface area contributed by atoms with E-state index in [1.165, 1.54) is 0 Å². The Labute approximate surface area is 60.1 Å². The van der Waals surface area contributed by atoms with Gasteiger partial charge in [0, 0.05) is 18.8 Å². The molecule has 10 heavy (non-hydrogen) atoms. The number of H-pyrrole nitrogens is 1. The third-order valence-electron chi connectivity index (χ3n) is 1.46. The number of nitrogens with zero attached hydrogens (tertiary/aromatic N) is 1. The maximum Gasteiger partial charge on any atom is 0.108 e. The number of aliphatic hydroxyl groups is 1. The molecule has 2 N–H and O–H groups in total. The van der Waals surface area contributed by atoms with E-state index in [1.54, 1.807) is 12.4 Å². The van der Waals surface area contributed by atoms with Crippen LogP contribution in [0, 0.1) is 0 Å². The Balaban J connectivity index is 2.40. The molecule has 0 saturated carbocycles. The van der Waals surface area contributed by atoms with E-state index in [1.807, 2.05) is 6.92 Å². The van der Waals surface area contributed by atoms with Crippen molar-refractivity contribution in [3.8, 4) is 0 Å². The van der Waals surface area contributed by atoms with E-state index in [4.69, 9.17) is 5.11 Å². The van der Waals surface area contributed by atoms with Crippen molar-refractivity contribution in [3.05, 3.63) is 18.2 Å². The van der Waals surface area contributed by atoms with Gasteiger partial charge in [0.15, 0.2) is 0 Å². The van der Waals surface area contributed by atoms with E-state index in [-0.39, 0.29) is 6.10 Å². The van der Waals surface area contributed by atoms with E-state index >= 15 is 0 Å². The molecule has 0 aliphatic heterocycles. The van der Waals surface area contributed by atoms with Crippen LogP contribution in [0.3, 0.4) is 0 Å². The molecule has 0 radical (unpaired) electrons. The Hall–Kier alpha value is -0.830. The fraction of sp³-hybridized carbons (Fsp3) is 0.571. The van der Waals surface area contributed by atoms with Crippen molar-refractivity contribution < 1.29 is 5.11 Å². The predicted octanol–water partition coefficient (Wildman–Crippen LogP) is 0.723. The summed E-state index contributed by atoms with van der Waals surface area (Å²) < 4.78 is 0. The summed E-state index contributed by atoms with van der Waals surface area (Å²) in [6, 6.07) is 0. The SMILES string of the molecule is CC[C@H](O)Cc1ncc[nH]1. The third-order valence-corrected chi connectivity index (χ3v) is 1.46. The molecule has 1 rings (SSSR count). The molecule has 0 amide bonds. The predicted molar refractivity (Wildman–Crippen MR) is 38.6 cm³/mol. The second-order valence-corrected chi connectivity index (χ2v) is 2.30. The molecule has 0 aromatic carbocycles.